The van der Waals surface area contributed by atoms with E-state index in [9.17, 15) is 19.5 Å². The molecule has 0 aliphatic carbocycles. The van der Waals surface area contributed by atoms with E-state index in [4.69, 9.17) is 18.9 Å². The Bertz CT molecular complexity index is 1830. The Morgan fingerprint density at radius 1 is 0.902 bits per heavy atom. The van der Waals surface area contributed by atoms with Crippen LogP contribution in [0.3, 0.4) is 0 Å². The van der Waals surface area contributed by atoms with E-state index in [1.54, 1.807) is 25.7 Å². The number of amides is 2. The van der Waals surface area contributed by atoms with Crippen LogP contribution >= 0.6 is 0 Å². The predicted molar refractivity (Wildman–Crippen MR) is 192 cm³/mol. The average molecular weight is 693 g/mol. The molecule has 3 atom stereocenters. The molecule has 6 rings (SSSR count). The van der Waals surface area contributed by atoms with Gasteiger partial charge in [-0.1, -0.05) is 78.9 Å². The minimum atomic E-state index is -1.28. The summed E-state index contributed by atoms with van der Waals surface area (Å²) in [7, 11) is 0. The third kappa shape index (κ3) is 9.33. The van der Waals surface area contributed by atoms with Gasteiger partial charge in [0.1, 0.15) is 23.6 Å². The minimum Gasteiger partial charge on any atom is -0.481 e. The van der Waals surface area contributed by atoms with Crippen molar-refractivity contribution in [1.82, 2.24) is 5.32 Å². The van der Waals surface area contributed by atoms with E-state index in [0.717, 1.165) is 41.5 Å². The van der Waals surface area contributed by atoms with Gasteiger partial charge in [-0.15, -0.1) is 0 Å². The summed E-state index contributed by atoms with van der Waals surface area (Å²) in [6.07, 6.45) is -0.852. The zero-order valence-electron chi connectivity index (χ0n) is 29.2. The smallest absolute Gasteiger partial charge is 0.407 e. The van der Waals surface area contributed by atoms with Gasteiger partial charge in [0.25, 0.3) is 5.91 Å². The third-order valence-corrected chi connectivity index (χ3v) is 8.67. The van der Waals surface area contributed by atoms with Crippen molar-refractivity contribution in [3.05, 3.63) is 119 Å². The largest absolute Gasteiger partial charge is 0.481 e. The number of carbonyl (C=O) groups is 3. The second-order valence-corrected chi connectivity index (χ2v) is 13.8. The highest BCUT2D eigenvalue weighted by Gasteiger charge is 2.38. The third-order valence-electron chi connectivity index (χ3n) is 8.67. The number of hydrogen-bond acceptors (Lipinski definition) is 7. The van der Waals surface area contributed by atoms with Crippen molar-refractivity contribution in [3.63, 3.8) is 0 Å². The summed E-state index contributed by atoms with van der Waals surface area (Å²) in [6, 6.07) is 30.9. The molecule has 2 heterocycles. The monoisotopic (exact) mass is 692 g/mol. The lowest BCUT2D eigenvalue weighted by Crippen LogP contribution is -2.40. The number of anilines is 1. The SMILES string of the molecule is CC(C)(C)OC(=O)NCc1cccc(C2OC(CC(=O)O)C(=O)N(Cc3ccc(-c4ccccc4)cc3)c3ccc(OC4CCCCO4)cc32)c1. The molecule has 2 aliphatic rings. The Labute approximate surface area is 298 Å². The average Bonchev–Trinajstić information content (AvgIpc) is 3.21. The van der Waals surface area contributed by atoms with Gasteiger partial charge in [-0.05, 0) is 79.6 Å². The van der Waals surface area contributed by atoms with E-state index < -0.39 is 48.5 Å². The molecule has 0 spiro atoms. The van der Waals surface area contributed by atoms with E-state index in [0.29, 0.717) is 29.2 Å². The first-order valence-electron chi connectivity index (χ1n) is 17.3. The molecule has 0 saturated carbocycles. The second-order valence-electron chi connectivity index (χ2n) is 13.8. The van der Waals surface area contributed by atoms with Crippen LogP contribution in [-0.2, 0) is 36.9 Å². The van der Waals surface area contributed by atoms with Gasteiger partial charge in [0.2, 0.25) is 0 Å². The summed E-state index contributed by atoms with van der Waals surface area (Å²) < 4.78 is 24.0. The lowest BCUT2D eigenvalue weighted by Gasteiger charge is -2.27. The van der Waals surface area contributed by atoms with Crippen LogP contribution < -0.4 is 15.0 Å². The van der Waals surface area contributed by atoms with E-state index >= 15 is 0 Å². The molecule has 1 fully saturated rings. The van der Waals surface area contributed by atoms with Crippen molar-refractivity contribution in [2.24, 2.45) is 0 Å². The molecule has 10 heteroatoms. The fraction of sp³-hybridized carbons (Fsp3) is 0.341. The van der Waals surface area contributed by atoms with Crippen molar-refractivity contribution in [3.8, 4) is 16.9 Å². The molecule has 3 unspecified atom stereocenters. The van der Waals surface area contributed by atoms with Crippen LogP contribution in [-0.4, -0.2) is 47.7 Å². The maximum Gasteiger partial charge on any atom is 0.407 e. The summed E-state index contributed by atoms with van der Waals surface area (Å²) in [5.74, 6) is -1.06. The topological polar surface area (TPSA) is 124 Å². The van der Waals surface area contributed by atoms with Gasteiger partial charge in [-0.3, -0.25) is 9.59 Å². The zero-order chi connectivity index (χ0) is 36.0. The van der Waals surface area contributed by atoms with Gasteiger partial charge in [0.15, 0.2) is 6.29 Å². The van der Waals surface area contributed by atoms with Crippen LogP contribution in [0.15, 0.2) is 97.1 Å². The zero-order valence-corrected chi connectivity index (χ0v) is 29.2. The van der Waals surface area contributed by atoms with Crippen molar-refractivity contribution >= 4 is 23.7 Å². The van der Waals surface area contributed by atoms with Crippen LogP contribution in [0, 0.1) is 0 Å². The van der Waals surface area contributed by atoms with Crippen LogP contribution in [0.5, 0.6) is 5.75 Å². The van der Waals surface area contributed by atoms with Gasteiger partial charge >= 0.3 is 12.1 Å². The molecule has 266 valence electrons. The number of benzene rings is 4. The van der Waals surface area contributed by atoms with Gasteiger partial charge in [0.05, 0.1) is 25.3 Å². The Balaban J connectivity index is 1.37. The summed E-state index contributed by atoms with van der Waals surface area (Å²) >= 11 is 0. The number of carboxylic acid groups (broad SMARTS) is 1. The van der Waals surface area contributed by atoms with Gasteiger partial charge in [-0.25, -0.2) is 4.79 Å². The number of nitrogens with one attached hydrogen (secondary N) is 1. The summed E-state index contributed by atoms with van der Waals surface area (Å²) in [6.45, 7) is 6.39. The van der Waals surface area contributed by atoms with Crippen LogP contribution in [0.25, 0.3) is 11.1 Å². The molecule has 4 aromatic carbocycles. The Morgan fingerprint density at radius 2 is 1.67 bits per heavy atom. The lowest BCUT2D eigenvalue weighted by atomic mass is 9.97. The summed E-state index contributed by atoms with van der Waals surface area (Å²) in [5, 5.41) is 12.7. The fourth-order valence-corrected chi connectivity index (χ4v) is 6.29. The van der Waals surface area contributed by atoms with Gasteiger partial charge < -0.3 is 34.3 Å². The summed E-state index contributed by atoms with van der Waals surface area (Å²) in [4.78, 5) is 40.4. The number of carbonyl (C=O) groups excluding carboxylic acids is 2. The maximum absolute atomic E-state index is 14.3. The number of fused-ring (bicyclic) bond motifs is 1. The van der Waals surface area contributed by atoms with E-state index in [-0.39, 0.29) is 13.1 Å². The molecule has 2 aliphatic heterocycles. The number of alkyl carbamates (subject to hydrolysis) is 1. The Kier molecular flexibility index (Phi) is 11.0. The van der Waals surface area contributed by atoms with E-state index in [1.165, 1.54) is 0 Å². The Morgan fingerprint density at radius 3 is 2.37 bits per heavy atom. The highest BCUT2D eigenvalue weighted by atomic mass is 16.7. The number of rotatable bonds is 10. The Hall–Kier alpha value is -5.19. The normalized spacial score (nSPS) is 19.1. The minimum absolute atomic E-state index is 0.188. The number of nitrogens with zero attached hydrogens (tertiary/aromatic N) is 1. The highest BCUT2D eigenvalue weighted by Crippen LogP contribution is 2.42. The first kappa shape index (κ1) is 35.6. The quantitative estimate of drug-likeness (QED) is 0.173. The second kappa shape index (κ2) is 15.8. The number of ether oxygens (including phenoxy) is 4. The molecule has 0 bridgehead atoms. The molecule has 0 aromatic heterocycles. The van der Waals surface area contributed by atoms with Crippen molar-refractivity contribution in [2.75, 3.05) is 11.5 Å². The maximum atomic E-state index is 14.3. The van der Waals surface area contributed by atoms with Crippen LogP contribution in [0.1, 0.15) is 74.8 Å². The van der Waals surface area contributed by atoms with Gasteiger partial charge in [0, 0.05) is 18.5 Å². The molecular weight excluding hydrogens is 648 g/mol. The summed E-state index contributed by atoms with van der Waals surface area (Å²) in [5.41, 5.74) is 5.02. The number of aliphatic carboxylic acids is 1. The molecule has 4 aromatic rings. The van der Waals surface area contributed by atoms with E-state index in [1.807, 2.05) is 97.1 Å². The molecule has 51 heavy (non-hydrogen) atoms. The van der Waals surface area contributed by atoms with E-state index in [2.05, 4.69) is 5.32 Å². The van der Waals surface area contributed by atoms with Crippen molar-refractivity contribution < 1.29 is 38.4 Å². The van der Waals surface area contributed by atoms with Crippen molar-refractivity contribution in [2.45, 2.75) is 83.6 Å². The first-order valence-corrected chi connectivity index (χ1v) is 17.3. The predicted octanol–water partition coefficient (Wildman–Crippen LogP) is 7.78. The molecule has 2 N–H and O–H groups in total. The van der Waals surface area contributed by atoms with Crippen molar-refractivity contribution in [1.29, 1.82) is 0 Å². The van der Waals surface area contributed by atoms with Crippen LogP contribution in [0.4, 0.5) is 10.5 Å². The molecule has 10 nitrogen and oxygen atoms in total. The lowest BCUT2D eigenvalue weighted by molar-refractivity contribution is -0.147. The first-order chi connectivity index (χ1) is 24.5. The molecule has 2 amide bonds. The highest BCUT2D eigenvalue weighted by molar-refractivity contribution is 5.99. The van der Waals surface area contributed by atoms with Crippen LogP contribution in [0.2, 0.25) is 0 Å². The molecule has 1 saturated heterocycles. The number of hydrogen-bond donors (Lipinski definition) is 2. The number of carboxylic acids is 1. The standard InChI is InChI=1S/C41H44N2O8/c1-41(2,3)51-40(47)42-25-28-10-9-13-31(22-28)38-33-23-32(49-37-14-7-8-21-48-37)19-20-34(33)43(39(46)35(50-38)24-36(44)45)26-27-15-17-30(18-16-27)29-11-5-4-6-12-29/h4-6,9-13,15-20,22-23,35,37-38H,7-8,14,21,24-26H2,1-3H3,(H,42,47)(H,44,45). The molecule has 0 radical (unpaired) electrons. The fourth-order valence-electron chi connectivity index (χ4n) is 6.29. The molecular formula is C41H44N2O8. The van der Waals surface area contributed by atoms with Gasteiger partial charge in [-0.2, -0.15) is 0 Å².